The number of anilines is 1. The Labute approximate surface area is 88.0 Å². The van der Waals surface area contributed by atoms with Crippen LogP contribution in [0.1, 0.15) is 11.4 Å². The number of nitrogens with zero attached hydrogens (tertiary/aromatic N) is 4. The maximum absolute atomic E-state index is 5.60. The molecule has 2 rings (SSSR count). The molecule has 5 nitrogen and oxygen atoms in total. The van der Waals surface area contributed by atoms with Crippen molar-refractivity contribution in [3.63, 3.8) is 0 Å². The van der Waals surface area contributed by atoms with E-state index in [1.807, 2.05) is 33.2 Å². The molecule has 0 aliphatic heterocycles. The predicted octanol–water partition coefficient (Wildman–Crippen LogP) is 1.08. The maximum Gasteiger partial charge on any atom is 0.220 e. The van der Waals surface area contributed by atoms with Gasteiger partial charge in [0, 0.05) is 24.5 Å². The molecule has 0 atom stereocenters. The topological polar surface area (TPSA) is 69.6 Å². The van der Waals surface area contributed by atoms with Gasteiger partial charge in [-0.05, 0) is 19.9 Å². The molecule has 78 valence electrons. The van der Waals surface area contributed by atoms with Gasteiger partial charge in [-0.25, -0.2) is 9.97 Å². The Morgan fingerprint density at radius 3 is 2.53 bits per heavy atom. The molecule has 0 saturated heterocycles. The van der Waals surface area contributed by atoms with Crippen LogP contribution in [0.15, 0.2) is 12.3 Å². The summed E-state index contributed by atoms with van der Waals surface area (Å²) in [6.45, 7) is 3.84. The highest BCUT2D eigenvalue weighted by Gasteiger charge is 2.08. The largest absolute Gasteiger partial charge is 0.368 e. The molecule has 0 aromatic carbocycles. The van der Waals surface area contributed by atoms with E-state index in [0.717, 1.165) is 22.6 Å². The van der Waals surface area contributed by atoms with E-state index >= 15 is 0 Å². The minimum Gasteiger partial charge on any atom is -0.368 e. The van der Waals surface area contributed by atoms with Crippen LogP contribution in [0.2, 0.25) is 0 Å². The van der Waals surface area contributed by atoms with Crippen LogP contribution >= 0.6 is 0 Å². The minimum absolute atomic E-state index is 0.299. The van der Waals surface area contributed by atoms with Crippen molar-refractivity contribution in [2.75, 3.05) is 5.73 Å². The van der Waals surface area contributed by atoms with Crippen LogP contribution in [0.5, 0.6) is 0 Å². The summed E-state index contributed by atoms with van der Waals surface area (Å²) in [5, 5.41) is 4.26. The van der Waals surface area contributed by atoms with E-state index in [4.69, 9.17) is 5.73 Å². The highest BCUT2D eigenvalue weighted by atomic mass is 15.2. The Balaban J connectivity index is 2.58. The van der Waals surface area contributed by atoms with E-state index in [1.54, 1.807) is 4.68 Å². The van der Waals surface area contributed by atoms with Crippen LogP contribution in [0.25, 0.3) is 11.3 Å². The van der Waals surface area contributed by atoms with Crippen molar-refractivity contribution in [3.8, 4) is 11.3 Å². The molecule has 2 aromatic rings. The van der Waals surface area contributed by atoms with Gasteiger partial charge in [-0.1, -0.05) is 0 Å². The average Bonchev–Trinajstić information content (AvgIpc) is 2.43. The Morgan fingerprint density at radius 1 is 1.27 bits per heavy atom. The Morgan fingerprint density at radius 2 is 2.00 bits per heavy atom. The molecule has 0 bridgehead atoms. The van der Waals surface area contributed by atoms with Gasteiger partial charge in [0.25, 0.3) is 0 Å². The van der Waals surface area contributed by atoms with Gasteiger partial charge in [-0.3, -0.25) is 4.68 Å². The van der Waals surface area contributed by atoms with Gasteiger partial charge < -0.3 is 5.73 Å². The van der Waals surface area contributed by atoms with Crippen molar-refractivity contribution in [2.45, 2.75) is 13.8 Å². The van der Waals surface area contributed by atoms with Gasteiger partial charge in [0.1, 0.15) is 0 Å². The highest BCUT2D eigenvalue weighted by Crippen LogP contribution is 2.20. The predicted molar refractivity (Wildman–Crippen MR) is 58.1 cm³/mol. The van der Waals surface area contributed by atoms with Crippen molar-refractivity contribution in [2.24, 2.45) is 7.05 Å². The Kier molecular flexibility index (Phi) is 2.15. The van der Waals surface area contributed by atoms with Crippen LogP contribution in [0.3, 0.4) is 0 Å². The second-order valence-corrected chi connectivity index (χ2v) is 3.55. The molecule has 2 N–H and O–H groups in total. The maximum atomic E-state index is 5.60. The fraction of sp³-hybridized carbons (Fsp3) is 0.300. The summed E-state index contributed by atoms with van der Waals surface area (Å²) in [7, 11) is 1.88. The van der Waals surface area contributed by atoms with Gasteiger partial charge in [-0.2, -0.15) is 5.10 Å². The van der Waals surface area contributed by atoms with Gasteiger partial charge in [0.2, 0.25) is 5.95 Å². The van der Waals surface area contributed by atoms with Crippen LogP contribution in [-0.4, -0.2) is 19.7 Å². The third-order valence-electron chi connectivity index (χ3n) is 2.16. The quantitative estimate of drug-likeness (QED) is 0.752. The molecule has 0 saturated carbocycles. The summed E-state index contributed by atoms with van der Waals surface area (Å²) in [6, 6.07) is 1.90. The number of hydrogen-bond donors (Lipinski definition) is 1. The SMILES string of the molecule is Cc1cc(-c2cn(C)nc2C)nc(N)n1. The number of rotatable bonds is 1. The zero-order valence-electron chi connectivity index (χ0n) is 9.02. The standard InChI is InChI=1S/C10H13N5/c1-6-4-9(13-10(11)12-6)8-5-15(3)14-7(8)2/h4-5H,1-3H3,(H2,11,12,13). The van der Waals surface area contributed by atoms with E-state index in [2.05, 4.69) is 15.1 Å². The fourth-order valence-corrected chi connectivity index (χ4v) is 1.58. The van der Waals surface area contributed by atoms with Gasteiger partial charge in [0.15, 0.2) is 0 Å². The molecule has 5 heteroatoms. The monoisotopic (exact) mass is 203 g/mol. The fourth-order valence-electron chi connectivity index (χ4n) is 1.58. The molecule has 15 heavy (non-hydrogen) atoms. The lowest BCUT2D eigenvalue weighted by atomic mass is 10.2. The lowest BCUT2D eigenvalue weighted by Crippen LogP contribution is -1.98. The summed E-state index contributed by atoms with van der Waals surface area (Å²) in [6.07, 6.45) is 1.93. The lowest BCUT2D eigenvalue weighted by molar-refractivity contribution is 0.756. The Bertz CT molecular complexity index is 480. The smallest absolute Gasteiger partial charge is 0.220 e. The summed E-state index contributed by atoms with van der Waals surface area (Å²) in [5.74, 6) is 0.299. The van der Waals surface area contributed by atoms with E-state index in [0.29, 0.717) is 5.95 Å². The summed E-state index contributed by atoms with van der Waals surface area (Å²) in [5.41, 5.74) is 9.23. The number of aromatic nitrogens is 4. The molecule has 0 amide bonds. The first-order valence-corrected chi connectivity index (χ1v) is 4.68. The second-order valence-electron chi connectivity index (χ2n) is 3.55. The highest BCUT2D eigenvalue weighted by molar-refractivity contribution is 5.62. The molecule has 0 fully saturated rings. The first kappa shape index (κ1) is 9.64. The van der Waals surface area contributed by atoms with Gasteiger partial charge in [0.05, 0.1) is 11.4 Å². The second kappa shape index (κ2) is 3.34. The van der Waals surface area contributed by atoms with Gasteiger partial charge in [-0.15, -0.1) is 0 Å². The summed E-state index contributed by atoms with van der Waals surface area (Å²) < 4.78 is 1.76. The third kappa shape index (κ3) is 1.81. The molecule has 2 aromatic heterocycles. The van der Waals surface area contributed by atoms with Crippen molar-refractivity contribution in [3.05, 3.63) is 23.7 Å². The normalized spacial score (nSPS) is 10.6. The van der Waals surface area contributed by atoms with Crippen molar-refractivity contribution >= 4 is 5.95 Å². The summed E-state index contributed by atoms with van der Waals surface area (Å²) >= 11 is 0. The van der Waals surface area contributed by atoms with Gasteiger partial charge >= 0.3 is 0 Å². The zero-order chi connectivity index (χ0) is 11.0. The number of aryl methyl sites for hydroxylation is 3. The van der Waals surface area contributed by atoms with Crippen LogP contribution < -0.4 is 5.73 Å². The molecule has 2 heterocycles. The molecular formula is C10H13N5. The minimum atomic E-state index is 0.299. The first-order valence-electron chi connectivity index (χ1n) is 4.68. The van der Waals surface area contributed by atoms with E-state index in [1.165, 1.54) is 0 Å². The van der Waals surface area contributed by atoms with E-state index < -0.39 is 0 Å². The van der Waals surface area contributed by atoms with Crippen molar-refractivity contribution < 1.29 is 0 Å². The van der Waals surface area contributed by atoms with Crippen LogP contribution in [-0.2, 0) is 7.05 Å². The zero-order valence-corrected chi connectivity index (χ0v) is 9.02. The molecule has 0 radical (unpaired) electrons. The molecule has 0 aliphatic carbocycles. The van der Waals surface area contributed by atoms with E-state index in [9.17, 15) is 0 Å². The molecule has 0 aliphatic rings. The molecule has 0 unspecified atom stereocenters. The van der Waals surface area contributed by atoms with Crippen LogP contribution in [0, 0.1) is 13.8 Å². The number of hydrogen-bond acceptors (Lipinski definition) is 4. The third-order valence-corrected chi connectivity index (χ3v) is 2.16. The molecular weight excluding hydrogens is 190 g/mol. The molecule has 0 spiro atoms. The van der Waals surface area contributed by atoms with Crippen LogP contribution in [0.4, 0.5) is 5.95 Å². The summed E-state index contributed by atoms with van der Waals surface area (Å²) in [4.78, 5) is 8.23. The number of nitrogen functional groups attached to an aromatic ring is 1. The van der Waals surface area contributed by atoms with E-state index in [-0.39, 0.29) is 0 Å². The average molecular weight is 203 g/mol. The van der Waals surface area contributed by atoms with Crippen molar-refractivity contribution in [1.82, 2.24) is 19.7 Å². The van der Waals surface area contributed by atoms with Crippen molar-refractivity contribution in [1.29, 1.82) is 0 Å². The number of nitrogens with two attached hydrogens (primary N) is 1. The lowest BCUT2D eigenvalue weighted by Gasteiger charge is -2.01. The first-order chi connectivity index (χ1) is 7.06. The Hall–Kier alpha value is -1.91.